The maximum absolute atomic E-state index is 14.8. The van der Waals surface area contributed by atoms with Gasteiger partial charge in [0, 0.05) is 49.1 Å². The standard InChI is InChI=1S/C31H33FN8O2S/c1-4-26(41)40-11-10-39(16-20(40)7-8-33)24-14-25(42-17-21-6-5-9-38(21)3)36-23-13-19(15-35-28(23)24)27-18(2)12-22(32)30-29(27)37-31(34)43-30/h4,12-15,20-21H,1,5-7,9-11,16-17H2,2-3H3,(H2,34,37)/t20?,21-/m0/s1. The molecule has 2 aliphatic rings. The third-order valence-corrected chi connectivity index (χ3v) is 9.32. The molecule has 0 saturated carbocycles. The van der Waals surface area contributed by atoms with Crippen LogP contribution in [0.25, 0.3) is 32.4 Å². The van der Waals surface area contributed by atoms with Crippen molar-refractivity contribution in [1.29, 1.82) is 5.26 Å². The summed E-state index contributed by atoms with van der Waals surface area (Å²) in [5.74, 6) is -0.0640. The largest absolute Gasteiger partial charge is 0.476 e. The minimum Gasteiger partial charge on any atom is -0.476 e. The Kier molecular flexibility index (Phi) is 7.85. The van der Waals surface area contributed by atoms with Gasteiger partial charge in [0.2, 0.25) is 11.8 Å². The van der Waals surface area contributed by atoms with Crippen LogP contribution in [0.1, 0.15) is 24.8 Å². The minimum atomic E-state index is -0.354. The Labute approximate surface area is 253 Å². The summed E-state index contributed by atoms with van der Waals surface area (Å²) in [6.07, 6.45) is 5.44. The summed E-state index contributed by atoms with van der Waals surface area (Å²) in [5.41, 5.74) is 10.8. The molecule has 222 valence electrons. The molecule has 1 aromatic carbocycles. The molecule has 2 fully saturated rings. The number of anilines is 2. The monoisotopic (exact) mass is 600 g/mol. The number of rotatable bonds is 7. The second-order valence-corrected chi connectivity index (χ2v) is 12.2. The first-order chi connectivity index (χ1) is 20.8. The Balaban J connectivity index is 1.44. The minimum absolute atomic E-state index is 0.185. The summed E-state index contributed by atoms with van der Waals surface area (Å²) in [6, 6.07) is 7.56. The quantitative estimate of drug-likeness (QED) is 0.305. The number of ether oxygens (including phenoxy) is 1. The number of likely N-dealkylation sites (tertiary alicyclic amines) is 1. The van der Waals surface area contributed by atoms with Crippen LogP contribution in [0.3, 0.4) is 0 Å². The predicted octanol–water partition coefficient (Wildman–Crippen LogP) is 4.53. The number of nitrogens with two attached hydrogens (primary N) is 1. The van der Waals surface area contributed by atoms with Crippen LogP contribution in [0.15, 0.2) is 37.1 Å². The molecule has 0 aliphatic carbocycles. The summed E-state index contributed by atoms with van der Waals surface area (Å²) in [7, 11) is 2.10. The molecule has 12 heteroatoms. The van der Waals surface area contributed by atoms with Crippen molar-refractivity contribution in [2.75, 3.05) is 50.5 Å². The number of carbonyl (C=O) groups excluding carboxylic acids is 1. The van der Waals surface area contributed by atoms with E-state index in [1.807, 2.05) is 19.1 Å². The highest BCUT2D eigenvalue weighted by Gasteiger charge is 2.31. The van der Waals surface area contributed by atoms with Crippen molar-refractivity contribution in [3.8, 4) is 23.1 Å². The summed E-state index contributed by atoms with van der Waals surface area (Å²) >= 11 is 1.12. The number of nitriles is 1. The highest BCUT2D eigenvalue weighted by molar-refractivity contribution is 7.22. The summed E-state index contributed by atoms with van der Waals surface area (Å²) in [6.45, 7) is 8.46. The number of piperazine rings is 1. The maximum Gasteiger partial charge on any atom is 0.246 e. The van der Waals surface area contributed by atoms with Gasteiger partial charge in [0.1, 0.15) is 17.9 Å². The molecule has 2 N–H and O–H groups in total. The smallest absolute Gasteiger partial charge is 0.246 e. The van der Waals surface area contributed by atoms with Gasteiger partial charge in [-0.25, -0.2) is 14.4 Å². The first-order valence-electron chi connectivity index (χ1n) is 14.3. The third kappa shape index (κ3) is 5.46. The van der Waals surface area contributed by atoms with Crippen LogP contribution in [0.5, 0.6) is 5.88 Å². The van der Waals surface area contributed by atoms with E-state index in [0.29, 0.717) is 64.5 Å². The molecule has 43 heavy (non-hydrogen) atoms. The number of halogens is 1. The van der Waals surface area contributed by atoms with Gasteiger partial charge >= 0.3 is 0 Å². The molecule has 10 nitrogen and oxygen atoms in total. The molecular formula is C31H33FN8O2S. The predicted molar refractivity (Wildman–Crippen MR) is 167 cm³/mol. The number of thiazole rings is 1. The van der Waals surface area contributed by atoms with E-state index in [1.165, 1.54) is 12.1 Å². The third-order valence-electron chi connectivity index (χ3n) is 8.43. The number of likely N-dealkylation sites (N-methyl/N-ethyl adjacent to an activating group) is 1. The van der Waals surface area contributed by atoms with Gasteiger partial charge in [0.15, 0.2) is 5.13 Å². The molecule has 2 aliphatic heterocycles. The van der Waals surface area contributed by atoms with Crippen molar-refractivity contribution in [1.82, 2.24) is 24.8 Å². The zero-order valence-corrected chi connectivity index (χ0v) is 25.0. The van der Waals surface area contributed by atoms with Gasteiger partial charge in [-0.1, -0.05) is 17.9 Å². The van der Waals surface area contributed by atoms with E-state index in [1.54, 1.807) is 11.1 Å². The second-order valence-electron chi connectivity index (χ2n) is 11.1. The molecule has 1 unspecified atom stereocenters. The van der Waals surface area contributed by atoms with Crippen molar-refractivity contribution in [2.45, 2.75) is 38.3 Å². The van der Waals surface area contributed by atoms with Gasteiger partial charge in [-0.05, 0) is 57.1 Å². The molecule has 0 bridgehead atoms. The lowest BCUT2D eigenvalue weighted by atomic mass is 9.99. The number of nitrogen functional groups attached to an aromatic ring is 1. The summed E-state index contributed by atoms with van der Waals surface area (Å²) in [4.78, 5) is 32.8. The van der Waals surface area contributed by atoms with Gasteiger partial charge in [-0.3, -0.25) is 9.78 Å². The van der Waals surface area contributed by atoms with Crippen LogP contribution in [-0.4, -0.2) is 82.6 Å². The number of carbonyl (C=O) groups is 1. The first-order valence-corrected chi connectivity index (χ1v) is 15.1. The Morgan fingerprint density at radius 1 is 1.26 bits per heavy atom. The fourth-order valence-electron chi connectivity index (χ4n) is 6.20. The number of nitrogens with zero attached hydrogens (tertiary/aromatic N) is 7. The lowest BCUT2D eigenvalue weighted by molar-refractivity contribution is -0.128. The lowest BCUT2D eigenvalue weighted by Crippen LogP contribution is -2.55. The number of hydrogen-bond acceptors (Lipinski definition) is 10. The Hall–Kier alpha value is -4.34. The van der Waals surface area contributed by atoms with Crippen molar-refractivity contribution in [3.05, 3.63) is 48.4 Å². The highest BCUT2D eigenvalue weighted by atomic mass is 32.1. The van der Waals surface area contributed by atoms with E-state index < -0.39 is 0 Å². The number of fused-ring (bicyclic) bond motifs is 2. The first kappa shape index (κ1) is 28.8. The number of pyridine rings is 2. The fraction of sp³-hybridized carbons (Fsp3) is 0.387. The van der Waals surface area contributed by atoms with Crippen LogP contribution >= 0.6 is 11.3 Å². The van der Waals surface area contributed by atoms with Crippen LogP contribution in [0, 0.1) is 24.1 Å². The molecule has 3 aromatic heterocycles. The zero-order valence-electron chi connectivity index (χ0n) is 24.2. The van der Waals surface area contributed by atoms with E-state index in [9.17, 15) is 14.4 Å². The van der Waals surface area contributed by atoms with E-state index >= 15 is 0 Å². The molecule has 0 spiro atoms. The average molecular weight is 601 g/mol. The number of aromatic nitrogens is 3. The maximum atomic E-state index is 14.8. The topological polar surface area (TPSA) is 124 Å². The number of aryl methyl sites for hydroxylation is 1. The molecule has 2 saturated heterocycles. The van der Waals surface area contributed by atoms with Crippen molar-refractivity contribution in [2.24, 2.45) is 0 Å². The van der Waals surface area contributed by atoms with Crippen molar-refractivity contribution < 1.29 is 13.9 Å². The van der Waals surface area contributed by atoms with Gasteiger partial charge in [-0.2, -0.15) is 5.26 Å². The van der Waals surface area contributed by atoms with Gasteiger partial charge in [-0.15, -0.1) is 0 Å². The second kappa shape index (κ2) is 11.7. The van der Waals surface area contributed by atoms with E-state index in [-0.39, 0.29) is 24.2 Å². The van der Waals surface area contributed by atoms with Crippen LogP contribution in [0.4, 0.5) is 15.2 Å². The Morgan fingerprint density at radius 2 is 2.09 bits per heavy atom. The van der Waals surface area contributed by atoms with Crippen LogP contribution in [0.2, 0.25) is 0 Å². The van der Waals surface area contributed by atoms with E-state index in [0.717, 1.165) is 53.1 Å². The lowest BCUT2D eigenvalue weighted by Gasteiger charge is -2.41. The van der Waals surface area contributed by atoms with Crippen LogP contribution in [-0.2, 0) is 4.79 Å². The molecule has 1 amide bonds. The number of hydrogen-bond donors (Lipinski definition) is 1. The normalized spacial score (nSPS) is 19.2. The molecule has 5 heterocycles. The van der Waals surface area contributed by atoms with Gasteiger partial charge < -0.3 is 25.2 Å². The molecule has 4 aromatic rings. The summed E-state index contributed by atoms with van der Waals surface area (Å²) < 4.78 is 21.5. The molecule has 6 rings (SSSR count). The van der Waals surface area contributed by atoms with Gasteiger partial charge in [0.05, 0.1) is 40.0 Å². The summed E-state index contributed by atoms with van der Waals surface area (Å²) in [5, 5.41) is 9.79. The van der Waals surface area contributed by atoms with Gasteiger partial charge in [0.25, 0.3) is 0 Å². The van der Waals surface area contributed by atoms with E-state index in [4.69, 9.17) is 20.4 Å². The average Bonchev–Trinajstić information content (AvgIpc) is 3.59. The number of benzene rings is 1. The van der Waals surface area contributed by atoms with Crippen LogP contribution < -0.4 is 15.4 Å². The van der Waals surface area contributed by atoms with Crippen molar-refractivity contribution in [3.63, 3.8) is 0 Å². The fourth-order valence-corrected chi connectivity index (χ4v) is 6.95. The van der Waals surface area contributed by atoms with Crippen molar-refractivity contribution >= 4 is 49.3 Å². The Bertz CT molecular complexity index is 1770. The van der Waals surface area contributed by atoms with E-state index in [2.05, 4.69) is 34.5 Å². The highest BCUT2D eigenvalue weighted by Crippen LogP contribution is 2.39. The molecular weight excluding hydrogens is 567 g/mol. The SMILES string of the molecule is C=CC(=O)N1CCN(c2cc(OC[C@@H]3CCCN3C)nc3cc(-c4c(C)cc(F)c5sc(N)nc45)cnc23)CC1CC#N. The zero-order chi connectivity index (χ0) is 30.2. The molecule has 2 atom stereocenters. The number of amides is 1. The molecule has 0 radical (unpaired) electrons. The Morgan fingerprint density at radius 3 is 2.84 bits per heavy atom.